The monoisotopic (exact) mass is 377 g/mol. The van der Waals surface area contributed by atoms with Crippen LogP contribution in [0.15, 0.2) is 24.3 Å². The van der Waals surface area contributed by atoms with Crippen molar-refractivity contribution in [1.82, 2.24) is 10.2 Å². The van der Waals surface area contributed by atoms with Crippen LogP contribution in [0.3, 0.4) is 0 Å². The minimum absolute atomic E-state index is 0.00467. The molecule has 1 saturated heterocycles. The van der Waals surface area contributed by atoms with Crippen molar-refractivity contribution >= 4 is 29.3 Å². The van der Waals surface area contributed by atoms with Crippen LogP contribution in [0.4, 0.5) is 5.69 Å². The summed E-state index contributed by atoms with van der Waals surface area (Å²) in [5.41, 5.74) is 1.90. The molecule has 144 valence electrons. The van der Waals surface area contributed by atoms with Crippen LogP contribution in [-0.4, -0.2) is 53.9 Å². The maximum Gasteiger partial charge on any atom is 0.234 e. The van der Waals surface area contributed by atoms with Crippen molar-refractivity contribution in [2.45, 2.75) is 45.6 Å². The molecule has 1 aromatic carbocycles. The highest BCUT2D eigenvalue weighted by molar-refractivity contribution is 8.00. The Hall–Kier alpha value is -1.53. The highest BCUT2D eigenvalue weighted by Gasteiger charge is 2.17. The highest BCUT2D eigenvalue weighted by atomic mass is 32.2. The van der Waals surface area contributed by atoms with Crippen molar-refractivity contribution in [2.75, 3.05) is 36.5 Å². The summed E-state index contributed by atoms with van der Waals surface area (Å²) in [7, 11) is 0. The van der Waals surface area contributed by atoms with Crippen LogP contribution in [0.2, 0.25) is 0 Å². The zero-order chi connectivity index (χ0) is 18.8. The molecule has 0 bridgehead atoms. The molecule has 0 unspecified atom stereocenters. The number of anilines is 1. The van der Waals surface area contributed by atoms with Gasteiger partial charge >= 0.3 is 0 Å². The van der Waals surface area contributed by atoms with Crippen LogP contribution in [0.5, 0.6) is 0 Å². The lowest BCUT2D eigenvalue weighted by Crippen LogP contribution is -2.39. The molecule has 0 saturated carbocycles. The lowest BCUT2D eigenvalue weighted by atomic mass is 10.0. The number of hydrogen-bond donors (Lipinski definition) is 2. The van der Waals surface area contributed by atoms with Gasteiger partial charge in [-0.3, -0.25) is 9.59 Å². The first-order valence-corrected chi connectivity index (χ1v) is 10.6. The van der Waals surface area contributed by atoms with E-state index >= 15 is 0 Å². The van der Waals surface area contributed by atoms with Crippen LogP contribution < -0.4 is 10.6 Å². The van der Waals surface area contributed by atoms with Gasteiger partial charge in [-0.05, 0) is 57.4 Å². The van der Waals surface area contributed by atoms with E-state index in [0.717, 1.165) is 24.2 Å². The lowest BCUT2D eigenvalue weighted by Gasteiger charge is -2.33. The average Bonchev–Trinajstić information content (AvgIpc) is 2.60. The average molecular weight is 378 g/mol. The first-order chi connectivity index (χ1) is 12.5. The topological polar surface area (TPSA) is 61.4 Å². The number of rotatable bonds is 9. The minimum atomic E-state index is -0.0764. The second-order valence-corrected chi connectivity index (χ2v) is 7.98. The zero-order valence-corrected chi connectivity index (χ0v) is 16.7. The minimum Gasteiger partial charge on any atom is -0.355 e. The number of thioether (sulfide) groups is 1. The summed E-state index contributed by atoms with van der Waals surface area (Å²) < 4.78 is 0. The third-order valence-corrected chi connectivity index (χ3v) is 5.59. The third-order valence-electron chi connectivity index (χ3n) is 4.65. The van der Waals surface area contributed by atoms with Gasteiger partial charge in [0.25, 0.3) is 0 Å². The summed E-state index contributed by atoms with van der Waals surface area (Å²) in [6.07, 6.45) is 4.89. The Balaban J connectivity index is 1.52. The van der Waals surface area contributed by atoms with E-state index in [4.69, 9.17) is 0 Å². The number of nitrogens with one attached hydrogen (secondary N) is 2. The van der Waals surface area contributed by atoms with Gasteiger partial charge in [0.15, 0.2) is 0 Å². The molecule has 0 radical (unpaired) electrons. The molecule has 6 heteroatoms. The normalized spacial score (nSPS) is 17.7. The van der Waals surface area contributed by atoms with E-state index in [1.165, 1.54) is 37.6 Å². The van der Waals surface area contributed by atoms with Gasteiger partial charge < -0.3 is 15.5 Å². The molecule has 1 aromatic rings. The molecule has 1 fully saturated rings. The number of carbonyl (C=O) groups excluding carboxylic acids is 2. The van der Waals surface area contributed by atoms with E-state index in [1.54, 1.807) is 0 Å². The fourth-order valence-corrected chi connectivity index (χ4v) is 3.85. The quantitative estimate of drug-likeness (QED) is 0.650. The number of aryl methyl sites for hydroxylation is 1. The summed E-state index contributed by atoms with van der Waals surface area (Å²) in [4.78, 5) is 26.3. The molecule has 26 heavy (non-hydrogen) atoms. The molecule has 0 aliphatic carbocycles. The SMILES string of the molecule is Cc1cccc(NC(=O)CSCC(=O)NCCCN2CCCC[C@H]2C)c1. The van der Waals surface area contributed by atoms with Gasteiger partial charge in [0.2, 0.25) is 11.8 Å². The Bertz CT molecular complexity index is 594. The van der Waals surface area contributed by atoms with Gasteiger partial charge in [0.1, 0.15) is 0 Å². The molecule has 1 aliphatic rings. The van der Waals surface area contributed by atoms with Gasteiger partial charge in [-0.2, -0.15) is 0 Å². The van der Waals surface area contributed by atoms with Crippen molar-refractivity contribution in [3.8, 4) is 0 Å². The van der Waals surface area contributed by atoms with E-state index in [1.807, 2.05) is 31.2 Å². The highest BCUT2D eigenvalue weighted by Crippen LogP contribution is 2.16. The standard InChI is InChI=1S/C20H31N3O2S/c1-16-7-5-9-18(13-16)22-20(25)15-26-14-19(24)21-10-6-12-23-11-4-3-8-17(23)2/h5,7,9,13,17H,3-4,6,8,10-12,14-15H2,1-2H3,(H,21,24)(H,22,25)/t17-/m1/s1. The molecule has 2 amide bonds. The van der Waals surface area contributed by atoms with Gasteiger partial charge in [-0.25, -0.2) is 0 Å². The maximum absolute atomic E-state index is 11.9. The summed E-state index contributed by atoms with van der Waals surface area (Å²) in [6.45, 7) is 7.21. The summed E-state index contributed by atoms with van der Waals surface area (Å²) >= 11 is 1.34. The van der Waals surface area contributed by atoms with E-state index in [9.17, 15) is 9.59 Å². The third kappa shape index (κ3) is 7.79. The van der Waals surface area contributed by atoms with Crippen LogP contribution in [0, 0.1) is 6.92 Å². The van der Waals surface area contributed by atoms with Gasteiger partial charge in [0, 0.05) is 24.8 Å². The fraction of sp³-hybridized carbons (Fsp3) is 0.600. The fourth-order valence-electron chi connectivity index (χ4n) is 3.21. The Labute approximate surface area is 161 Å². The van der Waals surface area contributed by atoms with Crippen molar-refractivity contribution < 1.29 is 9.59 Å². The summed E-state index contributed by atoms with van der Waals surface area (Å²) in [6, 6.07) is 8.36. The number of amides is 2. The first-order valence-electron chi connectivity index (χ1n) is 9.49. The van der Waals surface area contributed by atoms with Crippen LogP contribution in [-0.2, 0) is 9.59 Å². The molecule has 1 atom stereocenters. The molecule has 2 N–H and O–H groups in total. The van der Waals surface area contributed by atoms with Gasteiger partial charge in [-0.1, -0.05) is 18.6 Å². The number of nitrogens with zero attached hydrogens (tertiary/aromatic N) is 1. The molecule has 0 spiro atoms. The van der Waals surface area contributed by atoms with E-state index in [2.05, 4.69) is 22.5 Å². The van der Waals surface area contributed by atoms with Crippen molar-refractivity contribution in [2.24, 2.45) is 0 Å². The number of hydrogen-bond acceptors (Lipinski definition) is 4. The lowest BCUT2D eigenvalue weighted by molar-refractivity contribution is -0.118. The van der Waals surface area contributed by atoms with E-state index in [0.29, 0.717) is 18.3 Å². The van der Waals surface area contributed by atoms with E-state index in [-0.39, 0.29) is 17.6 Å². The number of piperidine rings is 1. The molecular weight excluding hydrogens is 346 g/mol. The smallest absolute Gasteiger partial charge is 0.234 e. The predicted octanol–water partition coefficient (Wildman–Crippen LogP) is 3.05. The van der Waals surface area contributed by atoms with Crippen LogP contribution >= 0.6 is 11.8 Å². The molecule has 2 rings (SSSR count). The van der Waals surface area contributed by atoms with Gasteiger partial charge in [-0.15, -0.1) is 11.8 Å². The van der Waals surface area contributed by atoms with Crippen molar-refractivity contribution in [3.63, 3.8) is 0 Å². The van der Waals surface area contributed by atoms with Crippen molar-refractivity contribution in [1.29, 1.82) is 0 Å². The predicted molar refractivity (Wildman–Crippen MR) is 110 cm³/mol. The number of benzene rings is 1. The second-order valence-electron chi connectivity index (χ2n) is 6.99. The largest absolute Gasteiger partial charge is 0.355 e. The summed E-state index contributed by atoms with van der Waals surface area (Å²) in [5, 5.41) is 5.80. The van der Waals surface area contributed by atoms with Gasteiger partial charge in [0.05, 0.1) is 11.5 Å². The zero-order valence-electron chi connectivity index (χ0n) is 15.9. The number of carbonyl (C=O) groups is 2. The molecule has 1 heterocycles. The molecule has 5 nitrogen and oxygen atoms in total. The maximum atomic E-state index is 11.9. The Morgan fingerprint density at radius 1 is 1.23 bits per heavy atom. The Kier molecular flexibility index (Phi) is 8.98. The molecule has 1 aliphatic heterocycles. The van der Waals surface area contributed by atoms with Crippen molar-refractivity contribution in [3.05, 3.63) is 29.8 Å². The first kappa shape index (κ1) is 20.8. The molecular formula is C20H31N3O2S. The Morgan fingerprint density at radius 2 is 2.04 bits per heavy atom. The molecule has 0 aromatic heterocycles. The Morgan fingerprint density at radius 3 is 2.81 bits per heavy atom. The number of likely N-dealkylation sites (tertiary alicyclic amines) is 1. The summed E-state index contributed by atoms with van der Waals surface area (Å²) in [5.74, 6) is 0.533. The van der Waals surface area contributed by atoms with E-state index < -0.39 is 0 Å². The van der Waals surface area contributed by atoms with Crippen LogP contribution in [0.1, 0.15) is 38.2 Å². The second kappa shape index (κ2) is 11.2. The van der Waals surface area contributed by atoms with Crippen LogP contribution in [0.25, 0.3) is 0 Å².